The minimum atomic E-state index is -0.0831. The molecule has 0 spiro atoms. The van der Waals surface area contributed by atoms with Crippen LogP contribution in [0.25, 0.3) is 5.69 Å². The first-order chi connectivity index (χ1) is 11.6. The number of hydrogen-bond acceptors (Lipinski definition) is 1. The molecule has 1 N–H and O–H groups in total. The lowest BCUT2D eigenvalue weighted by atomic mass is 10.1. The fourth-order valence-corrected chi connectivity index (χ4v) is 3.01. The number of carbonyl (C=O) groups is 1. The maximum Gasteiger partial charge on any atom is 0.255 e. The van der Waals surface area contributed by atoms with Crippen LogP contribution in [-0.2, 0) is 6.42 Å². The number of anilines is 1. The molecule has 0 aliphatic carbocycles. The minimum absolute atomic E-state index is 0.0831. The average molecular weight is 318 g/mol. The Bertz CT molecular complexity index is 858. The summed E-state index contributed by atoms with van der Waals surface area (Å²) in [6, 6.07) is 19.8. The molecule has 3 heteroatoms. The van der Waals surface area contributed by atoms with Gasteiger partial charge in [0.05, 0.1) is 0 Å². The van der Waals surface area contributed by atoms with Crippen LogP contribution in [0.1, 0.15) is 34.2 Å². The van der Waals surface area contributed by atoms with Crippen LogP contribution in [0.3, 0.4) is 0 Å². The standard InChI is InChI=1S/C21H22N2O/c1-4-17-8-5-6-11-20(17)22-21(24)18-9-7-10-19(14-18)23-15(2)12-13-16(23)3/h5-14H,4H2,1-3H3,(H,22,24). The van der Waals surface area contributed by atoms with Crippen molar-refractivity contribution in [2.75, 3.05) is 5.32 Å². The molecule has 0 aliphatic rings. The molecule has 24 heavy (non-hydrogen) atoms. The van der Waals surface area contributed by atoms with E-state index in [1.807, 2.05) is 48.5 Å². The fraction of sp³-hybridized carbons (Fsp3) is 0.190. The van der Waals surface area contributed by atoms with Crippen molar-refractivity contribution in [1.82, 2.24) is 4.57 Å². The molecule has 3 nitrogen and oxygen atoms in total. The Morgan fingerprint density at radius 1 is 0.958 bits per heavy atom. The van der Waals surface area contributed by atoms with Crippen molar-refractivity contribution in [2.24, 2.45) is 0 Å². The van der Waals surface area contributed by atoms with Gasteiger partial charge in [-0.2, -0.15) is 0 Å². The van der Waals surface area contributed by atoms with Crippen molar-refractivity contribution >= 4 is 11.6 Å². The van der Waals surface area contributed by atoms with Crippen LogP contribution in [0, 0.1) is 13.8 Å². The zero-order valence-corrected chi connectivity index (χ0v) is 14.3. The molecule has 3 aromatic rings. The molecule has 0 atom stereocenters. The van der Waals surface area contributed by atoms with Crippen molar-refractivity contribution in [3.63, 3.8) is 0 Å². The van der Waals surface area contributed by atoms with E-state index in [4.69, 9.17) is 0 Å². The number of para-hydroxylation sites is 1. The third-order valence-electron chi connectivity index (χ3n) is 4.28. The zero-order chi connectivity index (χ0) is 17.1. The predicted octanol–water partition coefficient (Wildman–Crippen LogP) is 4.91. The van der Waals surface area contributed by atoms with Gasteiger partial charge in [-0.25, -0.2) is 0 Å². The molecular weight excluding hydrogens is 296 g/mol. The van der Waals surface area contributed by atoms with E-state index in [9.17, 15) is 4.79 Å². The lowest BCUT2D eigenvalue weighted by molar-refractivity contribution is 0.102. The third kappa shape index (κ3) is 3.11. The third-order valence-corrected chi connectivity index (χ3v) is 4.28. The van der Waals surface area contributed by atoms with E-state index >= 15 is 0 Å². The number of aryl methyl sites for hydroxylation is 3. The molecule has 0 saturated heterocycles. The van der Waals surface area contributed by atoms with Gasteiger partial charge in [0.15, 0.2) is 0 Å². The Labute approximate surface area is 143 Å². The van der Waals surface area contributed by atoms with Crippen LogP contribution < -0.4 is 5.32 Å². The number of nitrogens with zero attached hydrogens (tertiary/aromatic N) is 1. The fourth-order valence-electron chi connectivity index (χ4n) is 3.01. The average Bonchev–Trinajstić information content (AvgIpc) is 2.94. The smallest absolute Gasteiger partial charge is 0.255 e. The van der Waals surface area contributed by atoms with Gasteiger partial charge in [-0.05, 0) is 62.2 Å². The molecule has 1 heterocycles. The van der Waals surface area contributed by atoms with Crippen LogP contribution in [0.15, 0.2) is 60.7 Å². The highest BCUT2D eigenvalue weighted by molar-refractivity contribution is 6.05. The monoisotopic (exact) mass is 318 g/mol. The van der Waals surface area contributed by atoms with Gasteiger partial charge in [0, 0.05) is 28.3 Å². The summed E-state index contributed by atoms with van der Waals surface area (Å²) in [6.07, 6.45) is 0.887. The Morgan fingerprint density at radius 2 is 1.67 bits per heavy atom. The first-order valence-electron chi connectivity index (χ1n) is 8.25. The number of carbonyl (C=O) groups excluding carboxylic acids is 1. The largest absolute Gasteiger partial charge is 0.322 e. The van der Waals surface area contributed by atoms with Gasteiger partial charge in [0.25, 0.3) is 5.91 Å². The molecule has 3 rings (SSSR count). The molecule has 0 bridgehead atoms. The number of benzene rings is 2. The van der Waals surface area contributed by atoms with E-state index in [0.29, 0.717) is 5.56 Å². The number of aromatic nitrogens is 1. The highest BCUT2D eigenvalue weighted by Gasteiger charge is 2.11. The first-order valence-corrected chi connectivity index (χ1v) is 8.25. The summed E-state index contributed by atoms with van der Waals surface area (Å²) in [7, 11) is 0. The quantitative estimate of drug-likeness (QED) is 0.728. The Hall–Kier alpha value is -2.81. The van der Waals surface area contributed by atoms with E-state index in [2.05, 4.69) is 42.8 Å². The van der Waals surface area contributed by atoms with E-state index in [0.717, 1.165) is 34.7 Å². The van der Waals surface area contributed by atoms with Gasteiger partial charge in [-0.15, -0.1) is 0 Å². The van der Waals surface area contributed by atoms with Crippen LogP contribution in [0.2, 0.25) is 0 Å². The minimum Gasteiger partial charge on any atom is -0.322 e. The molecule has 0 unspecified atom stereocenters. The maximum atomic E-state index is 12.7. The van der Waals surface area contributed by atoms with Crippen LogP contribution >= 0.6 is 0 Å². The normalized spacial score (nSPS) is 10.6. The van der Waals surface area contributed by atoms with Gasteiger partial charge >= 0.3 is 0 Å². The molecule has 0 radical (unpaired) electrons. The summed E-state index contributed by atoms with van der Waals surface area (Å²) in [5, 5.41) is 3.03. The van der Waals surface area contributed by atoms with Gasteiger partial charge in [0.1, 0.15) is 0 Å². The molecular formula is C21H22N2O. The second kappa shape index (κ2) is 6.75. The lowest BCUT2D eigenvalue weighted by Gasteiger charge is -2.12. The lowest BCUT2D eigenvalue weighted by Crippen LogP contribution is -2.13. The number of rotatable bonds is 4. The van der Waals surface area contributed by atoms with Crippen molar-refractivity contribution in [3.8, 4) is 5.69 Å². The molecule has 1 aromatic heterocycles. The van der Waals surface area contributed by atoms with Crippen LogP contribution in [0.4, 0.5) is 5.69 Å². The summed E-state index contributed by atoms with van der Waals surface area (Å²) < 4.78 is 2.15. The summed E-state index contributed by atoms with van der Waals surface area (Å²) in [6.45, 7) is 6.22. The van der Waals surface area contributed by atoms with E-state index in [-0.39, 0.29) is 5.91 Å². The van der Waals surface area contributed by atoms with E-state index in [1.54, 1.807) is 0 Å². The molecule has 0 saturated carbocycles. The molecule has 122 valence electrons. The first kappa shape index (κ1) is 16.1. The Morgan fingerprint density at radius 3 is 2.38 bits per heavy atom. The van der Waals surface area contributed by atoms with E-state index in [1.165, 1.54) is 0 Å². The highest BCUT2D eigenvalue weighted by atomic mass is 16.1. The number of hydrogen-bond donors (Lipinski definition) is 1. The molecule has 0 aliphatic heterocycles. The topological polar surface area (TPSA) is 34.0 Å². The van der Waals surface area contributed by atoms with Crippen LogP contribution in [-0.4, -0.2) is 10.5 Å². The van der Waals surface area contributed by atoms with Crippen molar-refractivity contribution in [3.05, 3.63) is 83.2 Å². The van der Waals surface area contributed by atoms with Crippen LogP contribution in [0.5, 0.6) is 0 Å². The Balaban J connectivity index is 1.90. The summed E-state index contributed by atoms with van der Waals surface area (Å²) >= 11 is 0. The molecule has 1 amide bonds. The second-order valence-corrected chi connectivity index (χ2v) is 5.97. The maximum absolute atomic E-state index is 12.7. The van der Waals surface area contributed by atoms with E-state index < -0.39 is 0 Å². The van der Waals surface area contributed by atoms with Crippen molar-refractivity contribution in [1.29, 1.82) is 0 Å². The Kier molecular flexibility index (Phi) is 4.52. The second-order valence-electron chi connectivity index (χ2n) is 5.97. The van der Waals surface area contributed by atoms with Gasteiger partial charge in [-0.3, -0.25) is 4.79 Å². The van der Waals surface area contributed by atoms with Gasteiger partial charge in [-0.1, -0.05) is 31.2 Å². The molecule has 0 fully saturated rings. The molecule has 2 aromatic carbocycles. The number of nitrogens with one attached hydrogen (secondary N) is 1. The predicted molar refractivity (Wildman–Crippen MR) is 99.0 cm³/mol. The number of amides is 1. The summed E-state index contributed by atoms with van der Waals surface area (Å²) in [5.41, 5.74) is 5.99. The SMILES string of the molecule is CCc1ccccc1NC(=O)c1cccc(-n2c(C)ccc2C)c1. The zero-order valence-electron chi connectivity index (χ0n) is 14.3. The van der Waals surface area contributed by atoms with Gasteiger partial charge in [0.2, 0.25) is 0 Å². The summed E-state index contributed by atoms with van der Waals surface area (Å²) in [4.78, 5) is 12.7. The summed E-state index contributed by atoms with van der Waals surface area (Å²) in [5.74, 6) is -0.0831. The van der Waals surface area contributed by atoms with Gasteiger partial charge < -0.3 is 9.88 Å². The van der Waals surface area contributed by atoms with Crippen molar-refractivity contribution in [2.45, 2.75) is 27.2 Å². The highest BCUT2D eigenvalue weighted by Crippen LogP contribution is 2.20. The van der Waals surface area contributed by atoms with Crippen molar-refractivity contribution < 1.29 is 4.79 Å².